The second-order valence-electron chi connectivity index (χ2n) is 6.10. The van der Waals surface area contributed by atoms with E-state index in [4.69, 9.17) is 9.47 Å². The number of carbonyl (C=O) groups excluding carboxylic acids is 1. The van der Waals surface area contributed by atoms with Gasteiger partial charge < -0.3 is 9.47 Å². The molecule has 1 atom stereocenters. The molecule has 2 aromatic carbocycles. The summed E-state index contributed by atoms with van der Waals surface area (Å²) in [7, 11) is -3.80. The monoisotopic (exact) mass is 423 g/mol. The average molecular weight is 424 g/mol. The van der Waals surface area contributed by atoms with Crippen molar-refractivity contribution in [2.75, 3.05) is 25.2 Å². The van der Waals surface area contributed by atoms with Crippen molar-refractivity contribution in [3.8, 4) is 5.75 Å². The van der Waals surface area contributed by atoms with Crippen LogP contribution in [0.25, 0.3) is 0 Å². The second-order valence-corrected chi connectivity index (χ2v) is 8.80. The Bertz CT molecular complexity index is 856. The van der Waals surface area contributed by atoms with Gasteiger partial charge in [0.2, 0.25) is 10.0 Å². The first-order valence-corrected chi connectivity index (χ1v) is 11.7. The molecule has 0 bridgehead atoms. The van der Waals surface area contributed by atoms with Crippen LogP contribution in [0.1, 0.15) is 12.0 Å². The van der Waals surface area contributed by atoms with E-state index in [1.165, 1.54) is 23.9 Å². The molecule has 0 amide bonds. The number of rotatable bonds is 11. The van der Waals surface area contributed by atoms with Gasteiger partial charge in [-0.1, -0.05) is 30.3 Å². The van der Waals surface area contributed by atoms with Crippen LogP contribution in [0, 0.1) is 6.92 Å². The number of sulfonamides is 1. The number of ether oxygens (including phenoxy) is 2. The first-order chi connectivity index (χ1) is 13.4. The molecule has 0 saturated carbocycles. The Morgan fingerprint density at radius 3 is 2.54 bits per heavy atom. The minimum Gasteiger partial charge on any atom is -0.490 e. The SMILES string of the molecule is CSCCC(NS(=O)(=O)c1ccccc1)C(=O)OCCOc1cccc(C)c1. The number of esters is 1. The lowest BCUT2D eigenvalue weighted by Crippen LogP contribution is -2.42. The van der Waals surface area contributed by atoms with Crippen LogP contribution >= 0.6 is 11.8 Å². The molecule has 2 rings (SSSR count). The number of thioether (sulfide) groups is 1. The molecule has 2 aromatic rings. The lowest BCUT2D eigenvalue weighted by molar-refractivity contribution is -0.146. The van der Waals surface area contributed by atoms with Crippen molar-refractivity contribution in [2.24, 2.45) is 0 Å². The van der Waals surface area contributed by atoms with Gasteiger partial charge >= 0.3 is 5.97 Å². The molecule has 6 nitrogen and oxygen atoms in total. The van der Waals surface area contributed by atoms with Gasteiger partial charge in [-0.15, -0.1) is 0 Å². The van der Waals surface area contributed by atoms with Gasteiger partial charge in [0, 0.05) is 0 Å². The first-order valence-electron chi connectivity index (χ1n) is 8.85. The van der Waals surface area contributed by atoms with E-state index in [9.17, 15) is 13.2 Å². The van der Waals surface area contributed by atoms with Gasteiger partial charge in [0.25, 0.3) is 0 Å². The van der Waals surface area contributed by atoms with Crippen LogP contribution in [0.2, 0.25) is 0 Å². The number of hydrogen-bond acceptors (Lipinski definition) is 6. The fourth-order valence-electron chi connectivity index (χ4n) is 2.42. The molecule has 0 aliphatic rings. The number of benzene rings is 2. The molecule has 152 valence electrons. The van der Waals surface area contributed by atoms with Gasteiger partial charge in [0.05, 0.1) is 4.90 Å². The smallest absolute Gasteiger partial charge is 0.324 e. The zero-order chi connectivity index (χ0) is 20.4. The largest absolute Gasteiger partial charge is 0.490 e. The maximum atomic E-state index is 12.5. The lowest BCUT2D eigenvalue weighted by Gasteiger charge is -2.17. The third-order valence-corrected chi connectivity index (χ3v) is 5.96. The highest BCUT2D eigenvalue weighted by Crippen LogP contribution is 2.13. The highest BCUT2D eigenvalue weighted by molar-refractivity contribution is 7.98. The molecule has 0 aliphatic carbocycles. The molecule has 1 N–H and O–H groups in total. The summed E-state index contributed by atoms with van der Waals surface area (Å²) in [5.41, 5.74) is 1.07. The van der Waals surface area contributed by atoms with E-state index in [1.54, 1.807) is 18.2 Å². The molecule has 8 heteroatoms. The van der Waals surface area contributed by atoms with E-state index < -0.39 is 22.0 Å². The molecule has 0 aliphatic heterocycles. The third kappa shape index (κ3) is 7.18. The molecule has 0 heterocycles. The van der Waals surface area contributed by atoms with Crippen molar-refractivity contribution < 1.29 is 22.7 Å². The normalized spacial score (nSPS) is 12.4. The van der Waals surface area contributed by atoms with Gasteiger partial charge in [-0.2, -0.15) is 16.5 Å². The summed E-state index contributed by atoms with van der Waals surface area (Å²) < 4.78 is 38.3. The molecular weight excluding hydrogens is 398 g/mol. The highest BCUT2D eigenvalue weighted by atomic mass is 32.2. The second kappa shape index (κ2) is 11.1. The molecule has 28 heavy (non-hydrogen) atoms. The molecule has 0 aromatic heterocycles. The fourth-order valence-corrected chi connectivity index (χ4v) is 4.13. The minimum absolute atomic E-state index is 0.0373. The Balaban J connectivity index is 1.91. The van der Waals surface area contributed by atoms with E-state index in [0.717, 1.165) is 5.56 Å². The van der Waals surface area contributed by atoms with Gasteiger partial charge in [0.1, 0.15) is 25.0 Å². The van der Waals surface area contributed by atoms with Crippen molar-refractivity contribution in [1.29, 1.82) is 0 Å². The highest BCUT2D eigenvalue weighted by Gasteiger charge is 2.26. The summed E-state index contributed by atoms with van der Waals surface area (Å²) in [6.45, 7) is 2.19. The van der Waals surface area contributed by atoms with Gasteiger partial charge in [-0.05, 0) is 55.2 Å². The van der Waals surface area contributed by atoms with Crippen LogP contribution < -0.4 is 9.46 Å². The number of hydrogen-bond donors (Lipinski definition) is 1. The van der Waals surface area contributed by atoms with Crippen LogP contribution in [0.3, 0.4) is 0 Å². The molecule has 0 saturated heterocycles. The van der Waals surface area contributed by atoms with Crippen molar-refractivity contribution in [1.82, 2.24) is 4.72 Å². The Kier molecular flexibility index (Phi) is 8.82. The van der Waals surface area contributed by atoms with Gasteiger partial charge in [0.15, 0.2) is 0 Å². The Hall–Kier alpha value is -2.03. The Morgan fingerprint density at radius 2 is 1.86 bits per heavy atom. The maximum absolute atomic E-state index is 12.5. The summed E-state index contributed by atoms with van der Waals surface area (Å²) in [6, 6.07) is 14.6. The van der Waals surface area contributed by atoms with Crippen LogP contribution in [0.5, 0.6) is 5.75 Å². The van der Waals surface area contributed by atoms with Gasteiger partial charge in [-0.25, -0.2) is 8.42 Å². The van der Waals surface area contributed by atoms with E-state index in [-0.39, 0.29) is 18.1 Å². The van der Waals surface area contributed by atoms with Crippen LogP contribution in [0.4, 0.5) is 0 Å². The molecule has 0 fully saturated rings. The van der Waals surface area contributed by atoms with Gasteiger partial charge in [-0.3, -0.25) is 4.79 Å². The fraction of sp³-hybridized carbons (Fsp3) is 0.350. The minimum atomic E-state index is -3.80. The van der Waals surface area contributed by atoms with Crippen molar-refractivity contribution in [3.05, 3.63) is 60.2 Å². The summed E-state index contributed by atoms with van der Waals surface area (Å²) in [5, 5.41) is 0. The van der Waals surface area contributed by atoms with Crippen molar-refractivity contribution >= 4 is 27.8 Å². The average Bonchev–Trinajstić information content (AvgIpc) is 2.69. The van der Waals surface area contributed by atoms with E-state index in [2.05, 4.69) is 4.72 Å². The van der Waals surface area contributed by atoms with E-state index >= 15 is 0 Å². The lowest BCUT2D eigenvalue weighted by atomic mass is 10.2. The molecule has 1 unspecified atom stereocenters. The quantitative estimate of drug-likeness (QED) is 0.442. The third-order valence-electron chi connectivity index (χ3n) is 3.83. The predicted octanol–water partition coefficient (Wildman–Crippen LogP) is 3.02. The Labute approximate surface area is 170 Å². The molecule has 0 spiro atoms. The van der Waals surface area contributed by atoms with Crippen molar-refractivity contribution in [3.63, 3.8) is 0 Å². The molecule has 0 radical (unpaired) electrons. The predicted molar refractivity (Wildman–Crippen MR) is 111 cm³/mol. The topological polar surface area (TPSA) is 81.7 Å². The number of nitrogens with one attached hydrogen (secondary N) is 1. The Morgan fingerprint density at radius 1 is 1.11 bits per heavy atom. The van der Waals surface area contributed by atoms with Crippen LogP contribution in [0.15, 0.2) is 59.5 Å². The van der Waals surface area contributed by atoms with Crippen LogP contribution in [-0.2, 0) is 19.6 Å². The summed E-state index contributed by atoms with van der Waals surface area (Å²) in [5.74, 6) is 0.706. The summed E-state index contributed by atoms with van der Waals surface area (Å²) in [6.07, 6.45) is 2.23. The summed E-state index contributed by atoms with van der Waals surface area (Å²) >= 11 is 1.53. The molecular formula is C20H25NO5S2. The standard InChI is InChI=1S/C20H25NO5S2/c1-16-7-6-8-17(15-16)25-12-13-26-20(22)19(11-14-27-2)21-28(23,24)18-9-4-3-5-10-18/h3-10,15,19,21H,11-14H2,1-2H3. The number of aryl methyl sites for hydroxylation is 1. The zero-order valence-corrected chi connectivity index (χ0v) is 17.6. The first kappa shape index (κ1) is 22.3. The van der Waals surface area contributed by atoms with Crippen molar-refractivity contribution in [2.45, 2.75) is 24.3 Å². The summed E-state index contributed by atoms with van der Waals surface area (Å²) in [4.78, 5) is 12.5. The van der Waals surface area contributed by atoms with Crippen LogP contribution in [-0.4, -0.2) is 45.7 Å². The van der Waals surface area contributed by atoms with E-state index in [0.29, 0.717) is 17.9 Å². The number of carbonyl (C=O) groups is 1. The zero-order valence-electron chi connectivity index (χ0n) is 16.0. The van der Waals surface area contributed by atoms with E-state index in [1.807, 2.05) is 37.4 Å². The maximum Gasteiger partial charge on any atom is 0.324 e.